The van der Waals surface area contributed by atoms with Crippen molar-refractivity contribution in [3.05, 3.63) is 71.1 Å². The summed E-state index contributed by atoms with van der Waals surface area (Å²) >= 11 is 0. The van der Waals surface area contributed by atoms with Crippen LogP contribution in [-0.4, -0.2) is 33.0 Å². The first-order chi connectivity index (χ1) is 15.6. The van der Waals surface area contributed by atoms with Crippen LogP contribution in [0.25, 0.3) is 22.5 Å². The Hall–Kier alpha value is -4.01. The molecule has 1 aliphatic heterocycles. The van der Waals surface area contributed by atoms with E-state index < -0.39 is 28.7 Å². The van der Waals surface area contributed by atoms with Crippen LogP contribution in [0, 0.1) is 11.6 Å². The number of hydrogen-bond acceptors (Lipinski definition) is 6. The van der Waals surface area contributed by atoms with Crippen molar-refractivity contribution in [3.8, 4) is 22.5 Å². The Bertz CT molecular complexity index is 1320. The normalized spacial score (nSPS) is 14.7. The van der Waals surface area contributed by atoms with Crippen molar-refractivity contribution in [2.45, 2.75) is 32.8 Å². The van der Waals surface area contributed by atoms with Gasteiger partial charge in [0.2, 0.25) is 5.78 Å². The van der Waals surface area contributed by atoms with Gasteiger partial charge in [0.15, 0.2) is 11.3 Å². The molecule has 9 heteroatoms. The summed E-state index contributed by atoms with van der Waals surface area (Å²) < 4.78 is 28.5. The highest BCUT2D eigenvalue weighted by Gasteiger charge is 2.40. The highest BCUT2D eigenvalue weighted by atomic mass is 19.1. The zero-order valence-corrected chi connectivity index (χ0v) is 18.1. The predicted molar refractivity (Wildman–Crippen MR) is 117 cm³/mol. The number of carbonyl (C=O) groups is 2. The van der Waals surface area contributed by atoms with Crippen molar-refractivity contribution < 1.29 is 23.2 Å². The molecule has 0 bridgehead atoms. The van der Waals surface area contributed by atoms with Gasteiger partial charge in [0.25, 0.3) is 5.91 Å². The van der Waals surface area contributed by atoms with E-state index in [9.17, 15) is 18.4 Å². The van der Waals surface area contributed by atoms with E-state index in [2.05, 4.69) is 15.1 Å². The van der Waals surface area contributed by atoms with Crippen molar-refractivity contribution in [2.75, 3.05) is 0 Å². The highest BCUT2D eigenvalue weighted by Crippen LogP contribution is 2.30. The molecule has 0 saturated heterocycles. The van der Waals surface area contributed by atoms with Crippen LogP contribution in [0.5, 0.6) is 0 Å². The van der Waals surface area contributed by atoms with E-state index in [0.29, 0.717) is 17.7 Å². The molecule has 0 fully saturated rings. The van der Waals surface area contributed by atoms with E-state index in [0.717, 1.165) is 17.2 Å². The van der Waals surface area contributed by atoms with Crippen LogP contribution in [0.3, 0.4) is 0 Å². The second-order valence-corrected chi connectivity index (χ2v) is 8.03. The first kappa shape index (κ1) is 22.2. The molecule has 168 valence electrons. The smallest absolute Gasteiger partial charge is 0.254 e. The zero-order valence-electron chi connectivity index (χ0n) is 18.1. The number of Topliss-reactive ketones (excluding diaryl/α,β-unsaturated/α-hetero) is 1. The number of nitrogens with two attached hydrogens (primary N) is 1. The van der Waals surface area contributed by atoms with E-state index in [4.69, 9.17) is 10.6 Å². The summed E-state index contributed by atoms with van der Waals surface area (Å²) in [5.41, 5.74) is 6.23. The van der Waals surface area contributed by atoms with Crippen LogP contribution >= 0.6 is 0 Å². The van der Waals surface area contributed by atoms with Crippen LogP contribution in [0.15, 0.2) is 47.9 Å². The fourth-order valence-electron chi connectivity index (χ4n) is 3.56. The molecule has 0 radical (unpaired) electrons. The molecule has 0 unspecified atom stereocenters. The molecule has 3 aromatic rings. The first-order valence-electron chi connectivity index (χ1n) is 10.2. The predicted octanol–water partition coefficient (Wildman–Crippen LogP) is 3.83. The summed E-state index contributed by atoms with van der Waals surface area (Å²) in [5.74, 6) is -3.58. The van der Waals surface area contributed by atoms with Gasteiger partial charge in [0.05, 0.1) is 23.8 Å². The van der Waals surface area contributed by atoms with Gasteiger partial charge in [-0.05, 0) is 44.0 Å². The molecular weight excluding hydrogens is 430 g/mol. The Morgan fingerprint density at radius 1 is 1.06 bits per heavy atom. The molecule has 0 spiro atoms. The Labute approximate surface area is 188 Å². The van der Waals surface area contributed by atoms with E-state index in [1.54, 1.807) is 26.0 Å². The number of aryl methyl sites for hydroxylation is 1. The Morgan fingerprint density at radius 2 is 1.73 bits per heavy atom. The Balaban J connectivity index is 1.74. The van der Waals surface area contributed by atoms with Crippen molar-refractivity contribution in [3.63, 3.8) is 0 Å². The molecule has 33 heavy (non-hydrogen) atoms. The molecule has 1 aromatic heterocycles. The summed E-state index contributed by atoms with van der Waals surface area (Å²) in [6.07, 6.45) is 3.46. The number of amides is 1. The lowest BCUT2D eigenvalue weighted by Crippen LogP contribution is -2.33. The minimum Gasteiger partial charge on any atom is -0.381 e. The molecule has 0 aliphatic carbocycles. The molecule has 2 N–H and O–H groups in total. The number of rotatable bonds is 5. The Morgan fingerprint density at radius 3 is 2.27 bits per heavy atom. The van der Waals surface area contributed by atoms with E-state index >= 15 is 0 Å². The number of hydrogen-bond donors (Lipinski definition) is 1. The number of carbonyl (C=O) groups excluding carboxylic acids is 2. The number of aromatic nitrogens is 2. The SMILES string of the molecule is CCc1ccc(C2=NOC(C)(C)C2=O)cc1-c1cnc(-c2ccc(F)c(C(N)=O)c2F)cn1. The molecule has 0 saturated carbocycles. The zero-order chi connectivity index (χ0) is 23.9. The average Bonchev–Trinajstić information content (AvgIpc) is 3.06. The summed E-state index contributed by atoms with van der Waals surface area (Å²) in [7, 11) is 0. The fourth-order valence-corrected chi connectivity index (χ4v) is 3.56. The van der Waals surface area contributed by atoms with E-state index in [1.165, 1.54) is 18.5 Å². The van der Waals surface area contributed by atoms with Crippen molar-refractivity contribution in [1.29, 1.82) is 0 Å². The molecule has 0 atom stereocenters. The van der Waals surface area contributed by atoms with Crippen molar-refractivity contribution in [2.24, 2.45) is 10.9 Å². The van der Waals surface area contributed by atoms with Gasteiger partial charge in [0, 0.05) is 16.7 Å². The molecule has 1 amide bonds. The lowest BCUT2D eigenvalue weighted by atomic mass is 9.92. The van der Waals surface area contributed by atoms with Crippen molar-refractivity contribution >= 4 is 17.4 Å². The summed E-state index contributed by atoms with van der Waals surface area (Å²) in [6, 6.07) is 7.58. The fraction of sp³-hybridized carbons (Fsp3) is 0.208. The number of benzene rings is 2. The quantitative estimate of drug-likeness (QED) is 0.636. The van der Waals surface area contributed by atoms with Gasteiger partial charge in [-0.2, -0.15) is 0 Å². The average molecular weight is 450 g/mol. The van der Waals surface area contributed by atoms with Crippen LogP contribution in [0.1, 0.15) is 42.3 Å². The maximum absolute atomic E-state index is 14.7. The largest absolute Gasteiger partial charge is 0.381 e. The van der Waals surface area contributed by atoms with Gasteiger partial charge in [-0.3, -0.25) is 19.6 Å². The van der Waals surface area contributed by atoms with Gasteiger partial charge in [-0.25, -0.2) is 8.78 Å². The third-order valence-electron chi connectivity index (χ3n) is 5.43. The summed E-state index contributed by atoms with van der Waals surface area (Å²) in [6.45, 7) is 5.27. The van der Waals surface area contributed by atoms with E-state index in [-0.39, 0.29) is 22.8 Å². The number of nitrogens with zero attached hydrogens (tertiary/aromatic N) is 3. The molecule has 4 rings (SSSR count). The lowest BCUT2D eigenvalue weighted by Gasteiger charge is -2.13. The standard InChI is InChI=1S/C24H20F2N4O3/c1-4-12-5-6-13(21-22(31)24(2,3)33-30-21)9-15(12)18-11-28-17(10-29-18)14-7-8-16(25)19(20(14)26)23(27)32/h5-11H,4H2,1-3H3,(H2,27,32). The molecule has 2 heterocycles. The minimum atomic E-state index is -1.21. The molecular formula is C24H20F2N4O3. The van der Waals surface area contributed by atoms with Crippen LogP contribution in [-0.2, 0) is 16.1 Å². The van der Waals surface area contributed by atoms with Gasteiger partial charge in [-0.1, -0.05) is 24.2 Å². The van der Waals surface area contributed by atoms with Gasteiger partial charge in [0.1, 0.15) is 17.2 Å². The van der Waals surface area contributed by atoms with E-state index in [1.807, 2.05) is 13.0 Å². The third-order valence-corrected chi connectivity index (χ3v) is 5.43. The van der Waals surface area contributed by atoms with Gasteiger partial charge < -0.3 is 10.6 Å². The molecule has 1 aliphatic rings. The maximum atomic E-state index is 14.7. The third kappa shape index (κ3) is 3.86. The van der Waals surface area contributed by atoms with Gasteiger partial charge >= 0.3 is 0 Å². The van der Waals surface area contributed by atoms with Gasteiger partial charge in [-0.15, -0.1) is 0 Å². The summed E-state index contributed by atoms with van der Waals surface area (Å²) in [4.78, 5) is 37.9. The van der Waals surface area contributed by atoms with Crippen LogP contribution < -0.4 is 5.73 Å². The number of ketones is 1. The highest BCUT2D eigenvalue weighted by molar-refractivity contribution is 6.49. The molecule has 2 aromatic carbocycles. The second kappa shape index (κ2) is 8.16. The topological polar surface area (TPSA) is 108 Å². The Kier molecular flexibility index (Phi) is 5.49. The number of oxime groups is 1. The van der Waals surface area contributed by atoms with Crippen LogP contribution in [0.2, 0.25) is 0 Å². The molecule has 7 nitrogen and oxygen atoms in total. The lowest BCUT2D eigenvalue weighted by molar-refractivity contribution is -0.128. The maximum Gasteiger partial charge on any atom is 0.254 e. The second-order valence-electron chi connectivity index (χ2n) is 8.03. The van der Waals surface area contributed by atoms with Crippen LogP contribution in [0.4, 0.5) is 8.78 Å². The monoisotopic (exact) mass is 450 g/mol. The first-order valence-corrected chi connectivity index (χ1v) is 10.2. The summed E-state index contributed by atoms with van der Waals surface area (Å²) in [5, 5.41) is 3.94. The minimum absolute atomic E-state index is 0.0981. The number of halogens is 2. The van der Waals surface area contributed by atoms with Crippen molar-refractivity contribution in [1.82, 2.24) is 9.97 Å². The number of primary amides is 1.